The summed E-state index contributed by atoms with van der Waals surface area (Å²) in [4.78, 5) is 27.6. The number of nitrogen functional groups attached to an aromatic ring is 1. The van der Waals surface area contributed by atoms with E-state index in [0.717, 1.165) is 67.6 Å². The van der Waals surface area contributed by atoms with E-state index in [-0.39, 0.29) is 5.92 Å². The Morgan fingerprint density at radius 2 is 1.84 bits per heavy atom. The third kappa shape index (κ3) is 4.15. The third-order valence-electron chi connectivity index (χ3n) is 6.14. The number of aryl methyl sites for hydroxylation is 1. The molecule has 0 aliphatic carbocycles. The number of rotatable bonds is 4. The summed E-state index contributed by atoms with van der Waals surface area (Å²) in [5.41, 5.74) is 9.23. The van der Waals surface area contributed by atoms with Crippen molar-refractivity contribution in [2.75, 3.05) is 41.7 Å². The molecule has 0 bridgehead atoms. The van der Waals surface area contributed by atoms with Crippen LogP contribution in [0.4, 0.5) is 17.6 Å². The minimum atomic E-state index is 0.282. The van der Waals surface area contributed by atoms with Gasteiger partial charge in [0.2, 0.25) is 5.95 Å². The van der Waals surface area contributed by atoms with Crippen LogP contribution in [0.25, 0.3) is 11.1 Å². The molecule has 3 aromatic rings. The van der Waals surface area contributed by atoms with Crippen LogP contribution in [-0.2, 0) is 0 Å². The number of piperidine rings is 1. The topological polar surface area (TPSA) is 97.0 Å². The van der Waals surface area contributed by atoms with Gasteiger partial charge >= 0.3 is 0 Å². The normalized spacial score (nSPS) is 19.1. The van der Waals surface area contributed by atoms with E-state index in [1.165, 1.54) is 12.8 Å². The third-order valence-corrected chi connectivity index (χ3v) is 6.14. The maximum absolute atomic E-state index is 5.99. The Hall–Kier alpha value is -3.29. The molecule has 0 spiro atoms. The summed E-state index contributed by atoms with van der Waals surface area (Å²) < 4.78 is 0. The van der Waals surface area contributed by atoms with Crippen molar-refractivity contribution in [2.24, 2.45) is 0 Å². The predicted molar refractivity (Wildman–Crippen MR) is 122 cm³/mol. The van der Waals surface area contributed by atoms with E-state index in [4.69, 9.17) is 15.7 Å². The number of pyridine rings is 1. The van der Waals surface area contributed by atoms with Crippen molar-refractivity contribution in [2.45, 2.75) is 38.5 Å². The Labute approximate surface area is 182 Å². The molecule has 0 aromatic carbocycles. The maximum atomic E-state index is 5.99. The summed E-state index contributed by atoms with van der Waals surface area (Å²) in [6, 6.07) is 5.92. The summed E-state index contributed by atoms with van der Waals surface area (Å²) in [6.45, 7) is 5.75. The summed E-state index contributed by atoms with van der Waals surface area (Å²) in [7, 11) is 0. The molecule has 2 aliphatic rings. The first-order chi connectivity index (χ1) is 15.2. The highest BCUT2D eigenvalue weighted by atomic mass is 15.3. The number of anilines is 3. The first kappa shape index (κ1) is 19.7. The smallest absolute Gasteiger partial charge is 0.225 e. The van der Waals surface area contributed by atoms with E-state index >= 15 is 0 Å². The molecular formula is C23H28N8. The minimum absolute atomic E-state index is 0.282. The highest BCUT2D eigenvalue weighted by Gasteiger charge is 2.28. The van der Waals surface area contributed by atoms with Crippen LogP contribution in [0.5, 0.6) is 0 Å². The van der Waals surface area contributed by atoms with E-state index in [0.29, 0.717) is 11.6 Å². The van der Waals surface area contributed by atoms with Crippen molar-refractivity contribution in [3.05, 3.63) is 48.3 Å². The Bertz CT molecular complexity index is 1030. The molecule has 31 heavy (non-hydrogen) atoms. The molecule has 1 unspecified atom stereocenters. The fraction of sp³-hybridized carbons (Fsp3) is 0.435. The Balaban J connectivity index is 1.51. The van der Waals surface area contributed by atoms with Gasteiger partial charge in [-0.25, -0.2) is 19.9 Å². The van der Waals surface area contributed by atoms with E-state index < -0.39 is 0 Å². The molecule has 8 nitrogen and oxygen atoms in total. The summed E-state index contributed by atoms with van der Waals surface area (Å²) in [5.74, 6) is 3.24. The van der Waals surface area contributed by atoms with Gasteiger partial charge in [-0.2, -0.15) is 0 Å². The maximum Gasteiger partial charge on any atom is 0.225 e. The molecule has 5 heterocycles. The minimum Gasteiger partial charge on any atom is -0.384 e. The average Bonchev–Trinajstić information content (AvgIpc) is 3.34. The molecular weight excluding hydrogens is 388 g/mol. The van der Waals surface area contributed by atoms with Crippen LogP contribution in [0.15, 0.2) is 36.8 Å². The van der Waals surface area contributed by atoms with Crippen LogP contribution in [0, 0.1) is 6.92 Å². The summed E-state index contributed by atoms with van der Waals surface area (Å²) >= 11 is 0. The van der Waals surface area contributed by atoms with Gasteiger partial charge in [0.05, 0.1) is 5.69 Å². The van der Waals surface area contributed by atoms with Crippen molar-refractivity contribution in [1.82, 2.24) is 24.9 Å². The van der Waals surface area contributed by atoms with Gasteiger partial charge in [-0.15, -0.1) is 0 Å². The second-order valence-corrected chi connectivity index (χ2v) is 8.39. The van der Waals surface area contributed by atoms with Crippen LogP contribution in [-0.4, -0.2) is 51.1 Å². The van der Waals surface area contributed by atoms with Gasteiger partial charge in [-0.3, -0.25) is 4.98 Å². The van der Waals surface area contributed by atoms with Gasteiger partial charge in [0.15, 0.2) is 0 Å². The number of hydrogen-bond donors (Lipinski definition) is 1. The number of nitrogens with zero attached hydrogens (tertiary/aromatic N) is 7. The Morgan fingerprint density at radius 1 is 1.00 bits per heavy atom. The van der Waals surface area contributed by atoms with E-state index in [1.807, 2.05) is 31.5 Å². The SMILES string of the molecule is Cc1nc(N)cc(N2CCCC(c3nc(N4CCCC4)ncc3-c3cccnc3)C2)n1. The molecule has 8 heteroatoms. The van der Waals surface area contributed by atoms with E-state index in [1.54, 1.807) is 6.20 Å². The molecule has 2 N–H and O–H groups in total. The lowest BCUT2D eigenvalue weighted by molar-refractivity contribution is 0.498. The monoisotopic (exact) mass is 416 g/mol. The summed E-state index contributed by atoms with van der Waals surface area (Å²) in [5, 5.41) is 0. The lowest BCUT2D eigenvalue weighted by atomic mass is 9.90. The summed E-state index contributed by atoms with van der Waals surface area (Å²) in [6.07, 6.45) is 10.2. The highest BCUT2D eigenvalue weighted by molar-refractivity contribution is 5.66. The lowest BCUT2D eigenvalue weighted by Gasteiger charge is -2.34. The number of aromatic nitrogens is 5. The van der Waals surface area contributed by atoms with Crippen LogP contribution in [0.3, 0.4) is 0 Å². The van der Waals surface area contributed by atoms with Crippen molar-refractivity contribution in [3.8, 4) is 11.1 Å². The zero-order chi connectivity index (χ0) is 21.2. The van der Waals surface area contributed by atoms with Gasteiger partial charge in [-0.05, 0) is 38.7 Å². The van der Waals surface area contributed by atoms with Crippen molar-refractivity contribution < 1.29 is 0 Å². The molecule has 3 aromatic heterocycles. The average molecular weight is 417 g/mol. The van der Waals surface area contributed by atoms with Crippen LogP contribution in [0.1, 0.15) is 43.1 Å². The van der Waals surface area contributed by atoms with Crippen LogP contribution in [0.2, 0.25) is 0 Å². The van der Waals surface area contributed by atoms with Crippen molar-refractivity contribution >= 4 is 17.6 Å². The largest absolute Gasteiger partial charge is 0.384 e. The molecule has 2 saturated heterocycles. The van der Waals surface area contributed by atoms with E-state index in [9.17, 15) is 0 Å². The van der Waals surface area contributed by atoms with Gasteiger partial charge < -0.3 is 15.5 Å². The zero-order valence-electron chi connectivity index (χ0n) is 17.9. The Morgan fingerprint density at radius 3 is 2.61 bits per heavy atom. The van der Waals surface area contributed by atoms with Gasteiger partial charge in [0.1, 0.15) is 17.5 Å². The quantitative estimate of drug-likeness (QED) is 0.692. The molecule has 0 radical (unpaired) electrons. The van der Waals surface area contributed by atoms with Gasteiger partial charge in [0, 0.05) is 67.9 Å². The fourth-order valence-electron chi connectivity index (χ4n) is 4.66. The van der Waals surface area contributed by atoms with Gasteiger partial charge in [-0.1, -0.05) is 6.07 Å². The van der Waals surface area contributed by atoms with Crippen LogP contribution >= 0.6 is 0 Å². The molecule has 1 atom stereocenters. The molecule has 0 saturated carbocycles. The Kier molecular flexibility index (Phi) is 5.36. The molecule has 5 rings (SSSR count). The van der Waals surface area contributed by atoms with Crippen LogP contribution < -0.4 is 15.5 Å². The molecule has 2 fully saturated rings. The number of hydrogen-bond acceptors (Lipinski definition) is 8. The second kappa shape index (κ2) is 8.45. The molecule has 160 valence electrons. The first-order valence-electron chi connectivity index (χ1n) is 11.1. The zero-order valence-corrected chi connectivity index (χ0v) is 17.9. The fourth-order valence-corrected chi connectivity index (χ4v) is 4.66. The first-order valence-corrected chi connectivity index (χ1v) is 11.1. The van der Waals surface area contributed by atoms with E-state index in [2.05, 4.69) is 30.8 Å². The predicted octanol–water partition coefficient (Wildman–Crippen LogP) is 3.20. The molecule has 0 amide bonds. The standard InChI is InChI=1S/C23H28N8/c1-16-27-20(24)12-21(28-16)31-11-5-7-18(15-31)22-19(17-6-4-8-25-13-17)14-26-23(29-22)30-9-2-3-10-30/h4,6,8,12-14,18H,2-3,5,7,9-11,15H2,1H3,(H2,24,27,28). The lowest BCUT2D eigenvalue weighted by Crippen LogP contribution is -2.36. The van der Waals surface area contributed by atoms with Gasteiger partial charge in [0.25, 0.3) is 0 Å². The van der Waals surface area contributed by atoms with Crippen molar-refractivity contribution in [1.29, 1.82) is 0 Å². The molecule has 2 aliphatic heterocycles. The second-order valence-electron chi connectivity index (χ2n) is 8.39. The highest BCUT2D eigenvalue weighted by Crippen LogP contribution is 2.35. The number of nitrogens with two attached hydrogens (primary N) is 1. The van der Waals surface area contributed by atoms with Crippen molar-refractivity contribution in [3.63, 3.8) is 0 Å².